The first-order valence-corrected chi connectivity index (χ1v) is 10.1. The molecule has 1 aliphatic rings. The number of pyridine rings is 1. The van der Waals surface area contributed by atoms with Gasteiger partial charge in [-0.3, -0.25) is 9.48 Å². The highest BCUT2D eigenvalue weighted by molar-refractivity contribution is 5.82. The van der Waals surface area contributed by atoms with Crippen LogP contribution in [-0.2, 0) is 18.0 Å². The Kier molecular flexibility index (Phi) is 6.59. The molecule has 2 aromatic heterocycles. The number of nitrogens with one attached hydrogen (secondary N) is 1. The van der Waals surface area contributed by atoms with Gasteiger partial charge >= 0.3 is 6.18 Å². The van der Waals surface area contributed by atoms with Crippen molar-refractivity contribution in [1.29, 1.82) is 0 Å². The zero-order chi connectivity index (χ0) is 22.8. The molecule has 0 spiro atoms. The van der Waals surface area contributed by atoms with Gasteiger partial charge in [-0.15, -0.1) is 0 Å². The summed E-state index contributed by atoms with van der Waals surface area (Å²) in [5.41, 5.74) is -0.967. The molecule has 170 valence electrons. The first-order valence-electron chi connectivity index (χ1n) is 10.1. The lowest BCUT2D eigenvalue weighted by atomic mass is 9.85. The Morgan fingerprint density at radius 1 is 1.32 bits per heavy atom. The molecule has 0 aliphatic carbocycles. The predicted molar refractivity (Wildman–Crippen MR) is 109 cm³/mol. The summed E-state index contributed by atoms with van der Waals surface area (Å²) in [4.78, 5) is 18.9. The van der Waals surface area contributed by atoms with Crippen molar-refractivity contribution in [2.45, 2.75) is 38.4 Å². The molecule has 0 unspecified atom stereocenters. The topological polar surface area (TPSA) is 72.3 Å². The minimum Gasteiger partial charge on any atom is -0.476 e. The van der Waals surface area contributed by atoms with Gasteiger partial charge in [-0.05, 0) is 51.6 Å². The van der Waals surface area contributed by atoms with E-state index in [1.54, 1.807) is 18.5 Å². The number of hydrogen-bond donors (Lipinski definition) is 1. The second kappa shape index (κ2) is 8.86. The second-order valence-corrected chi connectivity index (χ2v) is 8.71. The lowest BCUT2D eigenvalue weighted by Crippen LogP contribution is -2.54. The molecule has 3 heterocycles. The normalized spacial score (nSPS) is 20.5. The van der Waals surface area contributed by atoms with Crippen LogP contribution in [0, 0.1) is 5.41 Å². The summed E-state index contributed by atoms with van der Waals surface area (Å²) in [6.45, 7) is 4.62. The number of rotatable bonds is 6. The monoisotopic (exact) mass is 439 g/mol. The minimum absolute atomic E-state index is 0.109. The van der Waals surface area contributed by atoms with Crippen LogP contribution in [0.4, 0.5) is 13.2 Å². The van der Waals surface area contributed by atoms with Crippen molar-refractivity contribution in [2.24, 2.45) is 12.5 Å². The van der Waals surface area contributed by atoms with E-state index in [1.807, 2.05) is 26.5 Å². The summed E-state index contributed by atoms with van der Waals surface area (Å²) < 4.78 is 46.6. The molecule has 3 rings (SSSR count). The number of hydrogen-bond acceptors (Lipinski definition) is 5. The number of nitrogens with zero attached hydrogens (tertiary/aromatic N) is 4. The molecule has 0 aromatic carbocycles. The van der Waals surface area contributed by atoms with Gasteiger partial charge in [0.1, 0.15) is 12.2 Å². The third-order valence-corrected chi connectivity index (χ3v) is 5.55. The number of carbonyl (C=O) groups is 1. The van der Waals surface area contributed by atoms with E-state index in [1.165, 1.54) is 12.3 Å². The van der Waals surface area contributed by atoms with Crippen LogP contribution in [0.1, 0.15) is 37.3 Å². The number of likely N-dealkylation sites (N-methyl/N-ethyl adjacent to an activating group) is 1. The Bertz CT molecular complexity index is 912. The van der Waals surface area contributed by atoms with Crippen molar-refractivity contribution in [3.63, 3.8) is 0 Å². The maximum Gasteiger partial charge on any atom is 0.421 e. The Balaban J connectivity index is 1.69. The first-order chi connectivity index (χ1) is 14.5. The van der Waals surface area contributed by atoms with E-state index in [0.717, 1.165) is 24.6 Å². The molecular weight excluding hydrogens is 411 g/mol. The number of aryl methyl sites for hydroxylation is 1. The summed E-state index contributed by atoms with van der Waals surface area (Å²) in [5.74, 6) is -0.703. The molecule has 1 saturated heterocycles. The number of alkyl halides is 3. The van der Waals surface area contributed by atoms with Crippen molar-refractivity contribution in [1.82, 2.24) is 25.0 Å². The van der Waals surface area contributed by atoms with Crippen molar-refractivity contribution in [3.8, 4) is 5.88 Å². The highest BCUT2D eigenvalue weighted by Gasteiger charge is 2.38. The molecule has 7 nitrogen and oxygen atoms in total. The number of ether oxygens (including phenoxy) is 1. The van der Waals surface area contributed by atoms with Gasteiger partial charge in [0.2, 0.25) is 11.8 Å². The highest BCUT2D eigenvalue weighted by Crippen LogP contribution is 2.35. The molecule has 1 fully saturated rings. The van der Waals surface area contributed by atoms with Crippen LogP contribution in [0.3, 0.4) is 0 Å². The zero-order valence-corrected chi connectivity index (χ0v) is 18.1. The zero-order valence-electron chi connectivity index (χ0n) is 18.1. The molecule has 1 N–H and O–H groups in total. The molecule has 1 aliphatic heterocycles. The maximum atomic E-state index is 13.2. The Labute approximate surface area is 179 Å². The SMILES string of the molecule is CN1CC[C@H](c2cnn(C)c2)[C@@H](NC(=O)C(C)(C)COc2ncccc2C(F)(F)F)C1. The lowest BCUT2D eigenvalue weighted by Gasteiger charge is -2.38. The minimum atomic E-state index is -4.58. The molecule has 2 atom stereocenters. The van der Waals surface area contributed by atoms with Crippen LogP contribution in [-0.4, -0.2) is 58.4 Å². The van der Waals surface area contributed by atoms with E-state index >= 15 is 0 Å². The van der Waals surface area contributed by atoms with Crippen LogP contribution in [0.2, 0.25) is 0 Å². The van der Waals surface area contributed by atoms with E-state index in [4.69, 9.17) is 4.74 Å². The van der Waals surface area contributed by atoms with Gasteiger partial charge in [-0.25, -0.2) is 4.98 Å². The van der Waals surface area contributed by atoms with Crippen LogP contribution in [0.5, 0.6) is 5.88 Å². The average Bonchev–Trinajstić information content (AvgIpc) is 3.12. The molecule has 2 aromatic rings. The molecule has 10 heteroatoms. The maximum absolute atomic E-state index is 13.2. The fourth-order valence-corrected chi connectivity index (χ4v) is 3.69. The number of amides is 1. The average molecular weight is 439 g/mol. The fourth-order valence-electron chi connectivity index (χ4n) is 3.69. The van der Waals surface area contributed by atoms with Crippen LogP contribution in [0.15, 0.2) is 30.7 Å². The summed E-state index contributed by atoms with van der Waals surface area (Å²) in [5, 5.41) is 7.32. The van der Waals surface area contributed by atoms with Crippen LogP contribution in [0.25, 0.3) is 0 Å². The third kappa shape index (κ3) is 5.55. The second-order valence-electron chi connectivity index (χ2n) is 8.71. The van der Waals surface area contributed by atoms with Gasteiger partial charge in [0, 0.05) is 37.9 Å². The number of likely N-dealkylation sites (tertiary alicyclic amines) is 1. The predicted octanol–water partition coefficient (Wildman–Crippen LogP) is 2.84. The van der Waals surface area contributed by atoms with Crippen molar-refractivity contribution >= 4 is 5.91 Å². The van der Waals surface area contributed by atoms with Crippen molar-refractivity contribution in [3.05, 3.63) is 41.9 Å². The van der Waals surface area contributed by atoms with E-state index < -0.39 is 23.0 Å². The van der Waals surface area contributed by atoms with E-state index in [9.17, 15) is 18.0 Å². The lowest BCUT2D eigenvalue weighted by molar-refractivity contribution is -0.139. The van der Waals surface area contributed by atoms with Crippen LogP contribution >= 0.6 is 0 Å². The summed E-state index contributed by atoms with van der Waals surface area (Å²) >= 11 is 0. The van der Waals surface area contributed by atoms with Gasteiger partial charge in [0.15, 0.2) is 0 Å². The summed E-state index contributed by atoms with van der Waals surface area (Å²) in [6.07, 6.45) is 1.27. The summed E-state index contributed by atoms with van der Waals surface area (Å²) in [6, 6.07) is 1.97. The largest absolute Gasteiger partial charge is 0.476 e. The first kappa shape index (κ1) is 23.1. The Morgan fingerprint density at radius 2 is 2.06 bits per heavy atom. The van der Waals surface area contributed by atoms with Crippen molar-refractivity contribution < 1.29 is 22.7 Å². The Hall–Kier alpha value is -2.62. The number of carbonyl (C=O) groups excluding carboxylic acids is 1. The third-order valence-electron chi connectivity index (χ3n) is 5.55. The fraction of sp³-hybridized carbons (Fsp3) is 0.571. The molecule has 0 bridgehead atoms. The van der Waals surface area contributed by atoms with Gasteiger partial charge in [-0.2, -0.15) is 18.3 Å². The van der Waals surface area contributed by atoms with Crippen LogP contribution < -0.4 is 10.1 Å². The Morgan fingerprint density at radius 3 is 2.71 bits per heavy atom. The number of halogens is 3. The molecule has 31 heavy (non-hydrogen) atoms. The van der Waals surface area contributed by atoms with Gasteiger partial charge < -0.3 is 15.0 Å². The van der Waals surface area contributed by atoms with E-state index in [2.05, 4.69) is 20.3 Å². The van der Waals surface area contributed by atoms with E-state index in [0.29, 0.717) is 6.54 Å². The molecule has 0 saturated carbocycles. The van der Waals surface area contributed by atoms with E-state index in [-0.39, 0.29) is 24.5 Å². The van der Waals surface area contributed by atoms with Gasteiger partial charge in [-0.1, -0.05) is 0 Å². The molecule has 1 amide bonds. The van der Waals surface area contributed by atoms with Gasteiger partial charge in [0.05, 0.1) is 11.6 Å². The highest BCUT2D eigenvalue weighted by atomic mass is 19.4. The van der Waals surface area contributed by atoms with Gasteiger partial charge in [0.25, 0.3) is 0 Å². The quantitative estimate of drug-likeness (QED) is 0.750. The molecule has 0 radical (unpaired) electrons. The summed E-state index contributed by atoms with van der Waals surface area (Å²) in [7, 11) is 3.84. The number of aromatic nitrogens is 3. The number of piperidine rings is 1. The standard InChI is InChI=1S/C21H28F3N5O2/c1-20(2,13-31-18-16(21(22,23)24)6-5-8-25-18)19(30)27-17-12-28(3)9-7-15(17)14-10-26-29(4)11-14/h5-6,8,10-11,15,17H,7,9,12-13H2,1-4H3,(H,27,30)/t15-,17+/m1/s1. The smallest absolute Gasteiger partial charge is 0.421 e. The van der Waals surface area contributed by atoms with Crippen molar-refractivity contribution in [2.75, 3.05) is 26.7 Å². The molecular formula is C21H28F3N5O2.